The lowest BCUT2D eigenvalue weighted by Crippen LogP contribution is -1.97. The Bertz CT molecular complexity index is 277. The van der Waals surface area contributed by atoms with Gasteiger partial charge in [-0.1, -0.05) is 0 Å². The minimum absolute atomic E-state index is 0.251. The van der Waals surface area contributed by atoms with Crippen LogP contribution in [0.3, 0.4) is 0 Å². The van der Waals surface area contributed by atoms with Crippen LogP contribution in [0.5, 0.6) is 0 Å². The number of pyridine rings is 1. The second-order valence-electron chi connectivity index (χ2n) is 2.86. The van der Waals surface area contributed by atoms with Crippen LogP contribution in [0.2, 0.25) is 0 Å². The zero-order valence-electron chi connectivity index (χ0n) is 7.85. The van der Waals surface area contributed by atoms with Gasteiger partial charge in [0.15, 0.2) is 0 Å². The number of rotatable bonds is 6. The van der Waals surface area contributed by atoms with Gasteiger partial charge in [0.25, 0.3) is 0 Å². The van der Waals surface area contributed by atoms with Crippen molar-refractivity contribution in [3.05, 3.63) is 30.1 Å². The van der Waals surface area contributed by atoms with Gasteiger partial charge in [-0.3, -0.25) is 9.78 Å². The van der Waals surface area contributed by atoms with E-state index < -0.39 is 5.97 Å². The number of carbonyl (C=O) groups is 1. The average Bonchev–Trinajstić information content (AvgIpc) is 2.18. The number of hydrogen-bond acceptors (Lipinski definition) is 3. The van der Waals surface area contributed by atoms with Gasteiger partial charge in [0.2, 0.25) is 0 Å². The van der Waals surface area contributed by atoms with Crippen LogP contribution in [-0.2, 0) is 11.2 Å². The van der Waals surface area contributed by atoms with E-state index in [0.717, 1.165) is 12.2 Å². The lowest BCUT2D eigenvalue weighted by atomic mass is 10.2. The van der Waals surface area contributed by atoms with Crippen molar-refractivity contribution in [3.8, 4) is 0 Å². The molecule has 0 saturated carbocycles. The van der Waals surface area contributed by atoms with Crippen LogP contribution in [0.25, 0.3) is 0 Å². The maximum absolute atomic E-state index is 10.2. The van der Waals surface area contributed by atoms with Crippen molar-refractivity contribution in [2.75, 3.05) is 11.5 Å². The number of aryl methyl sites for hydroxylation is 1. The molecular weight excluding hydrogens is 198 g/mol. The van der Waals surface area contributed by atoms with Gasteiger partial charge >= 0.3 is 5.97 Å². The Morgan fingerprint density at radius 3 is 2.71 bits per heavy atom. The van der Waals surface area contributed by atoms with Gasteiger partial charge in [0.05, 0.1) is 6.42 Å². The first-order chi connectivity index (χ1) is 6.79. The van der Waals surface area contributed by atoms with Crippen molar-refractivity contribution in [2.24, 2.45) is 0 Å². The largest absolute Gasteiger partial charge is 0.481 e. The lowest BCUT2D eigenvalue weighted by Gasteiger charge is -1.99. The summed E-state index contributed by atoms with van der Waals surface area (Å²) in [5.41, 5.74) is 1.25. The van der Waals surface area contributed by atoms with Crippen LogP contribution in [0.15, 0.2) is 24.5 Å². The summed E-state index contributed by atoms with van der Waals surface area (Å²) in [4.78, 5) is 14.1. The first kappa shape index (κ1) is 11.0. The Morgan fingerprint density at radius 1 is 1.36 bits per heavy atom. The van der Waals surface area contributed by atoms with Crippen molar-refractivity contribution in [1.82, 2.24) is 4.98 Å². The van der Waals surface area contributed by atoms with Gasteiger partial charge in [-0.05, 0) is 29.9 Å². The summed E-state index contributed by atoms with van der Waals surface area (Å²) in [6, 6.07) is 3.97. The highest BCUT2D eigenvalue weighted by molar-refractivity contribution is 7.99. The van der Waals surface area contributed by atoms with E-state index in [2.05, 4.69) is 4.98 Å². The molecule has 4 heteroatoms. The van der Waals surface area contributed by atoms with Gasteiger partial charge in [-0.25, -0.2) is 0 Å². The second-order valence-corrected chi connectivity index (χ2v) is 4.09. The SMILES string of the molecule is O=C(O)CCSCCc1ccncc1. The predicted octanol–water partition coefficient (Wildman–Crippen LogP) is 1.83. The number of nitrogens with zero attached hydrogens (tertiary/aromatic N) is 1. The summed E-state index contributed by atoms with van der Waals surface area (Å²) in [7, 11) is 0. The van der Waals surface area contributed by atoms with E-state index in [0.29, 0.717) is 5.75 Å². The predicted molar refractivity (Wildman–Crippen MR) is 57.5 cm³/mol. The van der Waals surface area contributed by atoms with Gasteiger partial charge < -0.3 is 5.11 Å². The molecule has 1 aromatic heterocycles. The fourth-order valence-electron chi connectivity index (χ4n) is 1.00. The molecule has 0 bridgehead atoms. The summed E-state index contributed by atoms with van der Waals surface area (Å²) in [5.74, 6) is 0.943. The fraction of sp³-hybridized carbons (Fsp3) is 0.400. The Balaban J connectivity index is 2.08. The zero-order valence-corrected chi connectivity index (χ0v) is 8.67. The molecule has 0 saturated heterocycles. The Hall–Kier alpha value is -1.03. The summed E-state index contributed by atoms with van der Waals surface area (Å²) in [6.07, 6.45) is 4.78. The third kappa shape index (κ3) is 4.87. The third-order valence-corrected chi connectivity index (χ3v) is 2.73. The number of hydrogen-bond donors (Lipinski definition) is 1. The molecule has 1 aromatic rings. The summed E-state index contributed by atoms with van der Waals surface area (Å²) >= 11 is 1.68. The van der Waals surface area contributed by atoms with E-state index in [9.17, 15) is 4.79 Å². The molecule has 3 nitrogen and oxygen atoms in total. The maximum Gasteiger partial charge on any atom is 0.304 e. The van der Waals surface area contributed by atoms with E-state index >= 15 is 0 Å². The van der Waals surface area contributed by atoms with Crippen molar-refractivity contribution in [3.63, 3.8) is 0 Å². The van der Waals surface area contributed by atoms with E-state index in [-0.39, 0.29) is 6.42 Å². The zero-order chi connectivity index (χ0) is 10.2. The minimum Gasteiger partial charge on any atom is -0.481 e. The maximum atomic E-state index is 10.2. The monoisotopic (exact) mass is 211 g/mol. The average molecular weight is 211 g/mol. The smallest absolute Gasteiger partial charge is 0.304 e. The third-order valence-electron chi connectivity index (χ3n) is 1.74. The summed E-state index contributed by atoms with van der Waals surface area (Å²) in [6.45, 7) is 0. The number of aromatic nitrogens is 1. The Labute approximate surface area is 87.6 Å². The minimum atomic E-state index is -0.721. The van der Waals surface area contributed by atoms with Gasteiger partial charge in [-0.2, -0.15) is 11.8 Å². The molecule has 76 valence electrons. The van der Waals surface area contributed by atoms with E-state index in [1.807, 2.05) is 12.1 Å². The van der Waals surface area contributed by atoms with E-state index in [1.165, 1.54) is 5.56 Å². The highest BCUT2D eigenvalue weighted by Crippen LogP contribution is 2.07. The molecule has 0 aliphatic heterocycles. The van der Waals surface area contributed by atoms with Crippen LogP contribution < -0.4 is 0 Å². The molecule has 0 aromatic carbocycles. The molecule has 0 radical (unpaired) electrons. The van der Waals surface area contributed by atoms with Crippen LogP contribution in [0.1, 0.15) is 12.0 Å². The first-order valence-electron chi connectivity index (χ1n) is 4.47. The molecule has 0 unspecified atom stereocenters. The van der Waals surface area contributed by atoms with Gasteiger partial charge in [0, 0.05) is 18.1 Å². The molecule has 0 amide bonds. The number of carboxylic acids is 1. The Morgan fingerprint density at radius 2 is 2.07 bits per heavy atom. The highest BCUT2D eigenvalue weighted by Gasteiger charge is 1.97. The van der Waals surface area contributed by atoms with Crippen LogP contribution in [0.4, 0.5) is 0 Å². The fourth-order valence-corrected chi connectivity index (χ4v) is 1.90. The molecule has 0 fully saturated rings. The molecule has 0 atom stereocenters. The van der Waals surface area contributed by atoms with Crippen molar-refractivity contribution < 1.29 is 9.90 Å². The van der Waals surface area contributed by atoms with E-state index in [4.69, 9.17) is 5.11 Å². The molecule has 1 heterocycles. The molecular formula is C10H13NO2S. The molecule has 0 aliphatic rings. The van der Waals surface area contributed by atoms with Gasteiger partial charge in [0.1, 0.15) is 0 Å². The quantitative estimate of drug-likeness (QED) is 0.729. The van der Waals surface area contributed by atoms with Gasteiger partial charge in [-0.15, -0.1) is 0 Å². The van der Waals surface area contributed by atoms with Crippen molar-refractivity contribution in [2.45, 2.75) is 12.8 Å². The van der Waals surface area contributed by atoms with Crippen molar-refractivity contribution >= 4 is 17.7 Å². The van der Waals surface area contributed by atoms with Crippen LogP contribution in [-0.4, -0.2) is 27.6 Å². The molecule has 0 spiro atoms. The Kier molecular flexibility index (Phi) is 5.07. The first-order valence-corrected chi connectivity index (χ1v) is 5.63. The van der Waals surface area contributed by atoms with Crippen molar-refractivity contribution in [1.29, 1.82) is 0 Å². The number of carboxylic acid groups (broad SMARTS) is 1. The summed E-state index contributed by atoms with van der Waals surface area (Å²) < 4.78 is 0. The molecule has 0 aliphatic carbocycles. The standard InChI is InChI=1S/C10H13NO2S/c12-10(13)4-8-14-7-3-9-1-5-11-6-2-9/h1-2,5-6H,3-4,7-8H2,(H,12,13). The van der Waals surface area contributed by atoms with Crippen LogP contribution >= 0.6 is 11.8 Å². The number of thioether (sulfide) groups is 1. The lowest BCUT2D eigenvalue weighted by molar-refractivity contribution is -0.136. The molecule has 1 rings (SSSR count). The van der Waals surface area contributed by atoms with Crippen LogP contribution in [0, 0.1) is 0 Å². The molecule has 1 N–H and O–H groups in total. The summed E-state index contributed by atoms with van der Waals surface area (Å²) in [5, 5.41) is 8.41. The number of aliphatic carboxylic acids is 1. The normalized spacial score (nSPS) is 10.0. The highest BCUT2D eigenvalue weighted by atomic mass is 32.2. The topological polar surface area (TPSA) is 50.2 Å². The molecule has 14 heavy (non-hydrogen) atoms. The van der Waals surface area contributed by atoms with E-state index in [1.54, 1.807) is 24.2 Å². The second kappa shape index (κ2) is 6.43.